The van der Waals surface area contributed by atoms with Gasteiger partial charge in [-0.05, 0) is 30.5 Å². The van der Waals surface area contributed by atoms with Crippen molar-refractivity contribution in [3.8, 4) is 5.75 Å². The molecular weight excluding hydrogens is 326 g/mol. The number of carbonyl (C=O) groups is 1. The average molecular weight is 349 g/mol. The summed E-state index contributed by atoms with van der Waals surface area (Å²) >= 11 is 0. The van der Waals surface area contributed by atoms with Gasteiger partial charge in [-0.1, -0.05) is 48.0 Å². The number of benzene rings is 2. The second-order valence-electron chi connectivity index (χ2n) is 6.23. The fraction of sp³-hybridized carbons (Fsp3) is 0.238. The van der Waals surface area contributed by atoms with Crippen LogP contribution < -0.4 is 10.1 Å². The maximum absolute atomic E-state index is 12.3. The van der Waals surface area contributed by atoms with Crippen molar-refractivity contribution in [3.63, 3.8) is 0 Å². The largest absolute Gasteiger partial charge is 0.496 e. The predicted octanol–water partition coefficient (Wildman–Crippen LogP) is 3.22. The molecular formula is C21H23N3O2. The van der Waals surface area contributed by atoms with Gasteiger partial charge in [0.2, 0.25) is 0 Å². The van der Waals surface area contributed by atoms with Gasteiger partial charge < -0.3 is 10.1 Å². The number of aromatic nitrogens is 2. The maximum Gasteiger partial charge on any atom is 0.254 e. The Labute approximate surface area is 153 Å². The zero-order valence-electron chi connectivity index (χ0n) is 15.1. The molecule has 0 spiro atoms. The van der Waals surface area contributed by atoms with Crippen molar-refractivity contribution < 1.29 is 9.53 Å². The number of nitrogens with zero attached hydrogens (tertiary/aromatic N) is 2. The maximum atomic E-state index is 12.3. The third-order valence-corrected chi connectivity index (χ3v) is 4.20. The Morgan fingerprint density at radius 2 is 2.00 bits per heavy atom. The molecule has 5 nitrogen and oxygen atoms in total. The monoisotopic (exact) mass is 349 g/mol. The molecule has 0 radical (unpaired) electrons. The van der Waals surface area contributed by atoms with Crippen molar-refractivity contribution in [1.29, 1.82) is 0 Å². The van der Waals surface area contributed by atoms with E-state index in [-0.39, 0.29) is 5.91 Å². The van der Waals surface area contributed by atoms with Crippen molar-refractivity contribution in [2.24, 2.45) is 0 Å². The molecule has 1 amide bonds. The first-order chi connectivity index (χ1) is 12.7. The Balaban J connectivity index is 1.55. The van der Waals surface area contributed by atoms with Gasteiger partial charge in [0.1, 0.15) is 5.75 Å². The molecule has 3 aromatic rings. The summed E-state index contributed by atoms with van der Waals surface area (Å²) in [5, 5.41) is 7.22. The normalized spacial score (nSPS) is 10.5. The van der Waals surface area contributed by atoms with E-state index in [4.69, 9.17) is 4.74 Å². The van der Waals surface area contributed by atoms with E-state index in [9.17, 15) is 4.79 Å². The first kappa shape index (κ1) is 17.7. The second kappa shape index (κ2) is 8.34. The molecule has 0 atom stereocenters. The van der Waals surface area contributed by atoms with E-state index in [0.29, 0.717) is 18.7 Å². The van der Waals surface area contributed by atoms with E-state index in [2.05, 4.69) is 16.5 Å². The highest BCUT2D eigenvalue weighted by Gasteiger charge is 2.09. The summed E-state index contributed by atoms with van der Waals surface area (Å²) in [5.41, 5.74) is 3.98. The molecule has 0 unspecified atom stereocenters. The summed E-state index contributed by atoms with van der Waals surface area (Å²) in [6.45, 7) is 3.24. The molecule has 134 valence electrons. The quantitative estimate of drug-likeness (QED) is 0.712. The number of carbonyl (C=O) groups excluding carboxylic acids is 1. The summed E-state index contributed by atoms with van der Waals surface area (Å²) in [5.74, 6) is 0.733. The molecule has 5 heteroatoms. The van der Waals surface area contributed by atoms with Gasteiger partial charge in [0.15, 0.2) is 0 Å². The number of aryl methyl sites for hydroxylation is 1. The summed E-state index contributed by atoms with van der Waals surface area (Å²) in [6, 6.07) is 16.1. The molecule has 1 aromatic heterocycles. The number of ether oxygens (including phenoxy) is 1. The van der Waals surface area contributed by atoms with E-state index >= 15 is 0 Å². The molecule has 0 aliphatic heterocycles. The van der Waals surface area contributed by atoms with Crippen LogP contribution in [0.5, 0.6) is 5.75 Å². The minimum absolute atomic E-state index is 0.115. The van der Waals surface area contributed by atoms with Gasteiger partial charge in [0, 0.05) is 12.7 Å². The van der Waals surface area contributed by atoms with Crippen LogP contribution in [0, 0.1) is 6.92 Å². The van der Waals surface area contributed by atoms with Crippen LogP contribution >= 0.6 is 0 Å². The van der Waals surface area contributed by atoms with Gasteiger partial charge in [-0.25, -0.2) is 0 Å². The SMILES string of the molecule is COc1ccc(C)cc1CCNC(=O)c1cnn(Cc2ccccc2)c1. The molecule has 0 bridgehead atoms. The summed E-state index contributed by atoms with van der Waals surface area (Å²) in [7, 11) is 1.66. The Morgan fingerprint density at radius 1 is 1.19 bits per heavy atom. The lowest BCUT2D eigenvalue weighted by Gasteiger charge is -2.10. The fourth-order valence-electron chi connectivity index (χ4n) is 2.85. The third kappa shape index (κ3) is 4.51. The summed E-state index contributed by atoms with van der Waals surface area (Å²) in [4.78, 5) is 12.3. The highest BCUT2D eigenvalue weighted by molar-refractivity contribution is 5.93. The minimum Gasteiger partial charge on any atom is -0.496 e. The molecule has 0 aliphatic carbocycles. The zero-order chi connectivity index (χ0) is 18.4. The lowest BCUT2D eigenvalue weighted by molar-refractivity contribution is 0.0954. The van der Waals surface area contributed by atoms with Crippen molar-refractivity contribution in [2.45, 2.75) is 19.9 Å². The van der Waals surface area contributed by atoms with Crippen LogP contribution in [0.4, 0.5) is 0 Å². The van der Waals surface area contributed by atoms with Crippen molar-refractivity contribution in [1.82, 2.24) is 15.1 Å². The average Bonchev–Trinajstić information content (AvgIpc) is 3.11. The van der Waals surface area contributed by atoms with Gasteiger partial charge in [0.05, 0.1) is 25.4 Å². The number of hydrogen-bond donors (Lipinski definition) is 1. The Bertz CT molecular complexity index is 872. The van der Waals surface area contributed by atoms with E-state index in [1.165, 1.54) is 5.56 Å². The third-order valence-electron chi connectivity index (χ3n) is 4.20. The van der Waals surface area contributed by atoms with Gasteiger partial charge in [0.25, 0.3) is 5.91 Å². The van der Waals surface area contributed by atoms with Crippen LogP contribution in [0.3, 0.4) is 0 Å². The Morgan fingerprint density at radius 3 is 2.77 bits per heavy atom. The van der Waals surface area contributed by atoms with E-state index in [1.807, 2.05) is 49.4 Å². The van der Waals surface area contributed by atoms with Gasteiger partial charge in [-0.15, -0.1) is 0 Å². The lowest BCUT2D eigenvalue weighted by Crippen LogP contribution is -2.25. The molecule has 0 saturated carbocycles. The number of hydrogen-bond acceptors (Lipinski definition) is 3. The molecule has 2 aromatic carbocycles. The van der Waals surface area contributed by atoms with Gasteiger partial charge >= 0.3 is 0 Å². The zero-order valence-corrected chi connectivity index (χ0v) is 15.1. The number of nitrogens with one attached hydrogen (secondary N) is 1. The number of amides is 1. The van der Waals surface area contributed by atoms with Crippen LogP contribution in [0.25, 0.3) is 0 Å². The molecule has 1 heterocycles. The van der Waals surface area contributed by atoms with Crippen LogP contribution in [-0.4, -0.2) is 29.3 Å². The first-order valence-corrected chi connectivity index (χ1v) is 8.64. The Kier molecular flexibility index (Phi) is 5.69. The molecule has 0 fully saturated rings. The standard InChI is InChI=1S/C21H23N3O2/c1-16-8-9-20(26-2)18(12-16)10-11-22-21(25)19-13-23-24(15-19)14-17-6-4-3-5-7-17/h3-9,12-13,15H,10-11,14H2,1-2H3,(H,22,25). The van der Waals surface area contributed by atoms with Gasteiger partial charge in [-0.3, -0.25) is 9.48 Å². The topological polar surface area (TPSA) is 56.1 Å². The van der Waals surface area contributed by atoms with Gasteiger partial charge in [-0.2, -0.15) is 5.10 Å². The predicted molar refractivity (Wildman–Crippen MR) is 102 cm³/mol. The highest BCUT2D eigenvalue weighted by Crippen LogP contribution is 2.19. The molecule has 3 rings (SSSR count). The van der Waals surface area contributed by atoms with E-state index in [1.54, 1.807) is 24.2 Å². The molecule has 26 heavy (non-hydrogen) atoms. The number of methoxy groups -OCH3 is 1. The Hall–Kier alpha value is -3.08. The van der Waals surface area contributed by atoms with Crippen LogP contribution in [0.15, 0.2) is 60.9 Å². The fourth-order valence-corrected chi connectivity index (χ4v) is 2.85. The van der Waals surface area contributed by atoms with Crippen molar-refractivity contribution in [2.75, 3.05) is 13.7 Å². The molecule has 0 aliphatic rings. The van der Waals surface area contributed by atoms with E-state index < -0.39 is 0 Å². The van der Waals surface area contributed by atoms with Crippen LogP contribution in [0.2, 0.25) is 0 Å². The molecule has 1 N–H and O–H groups in total. The molecule has 0 saturated heterocycles. The lowest BCUT2D eigenvalue weighted by atomic mass is 10.1. The number of rotatable bonds is 7. The second-order valence-corrected chi connectivity index (χ2v) is 6.23. The highest BCUT2D eigenvalue weighted by atomic mass is 16.5. The van der Waals surface area contributed by atoms with Crippen molar-refractivity contribution >= 4 is 5.91 Å². The van der Waals surface area contributed by atoms with Crippen LogP contribution in [-0.2, 0) is 13.0 Å². The first-order valence-electron chi connectivity index (χ1n) is 8.64. The minimum atomic E-state index is -0.115. The summed E-state index contributed by atoms with van der Waals surface area (Å²) < 4.78 is 7.15. The van der Waals surface area contributed by atoms with Crippen LogP contribution in [0.1, 0.15) is 27.0 Å². The summed E-state index contributed by atoms with van der Waals surface area (Å²) in [6.07, 6.45) is 4.09. The smallest absolute Gasteiger partial charge is 0.254 e. The van der Waals surface area contributed by atoms with Crippen molar-refractivity contribution in [3.05, 3.63) is 83.2 Å². The van der Waals surface area contributed by atoms with E-state index in [0.717, 1.165) is 23.3 Å².